The van der Waals surface area contributed by atoms with Gasteiger partial charge in [0.2, 0.25) is 0 Å². The Balaban J connectivity index is 2.58. The van der Waals surface area contributed by atoms with Crippen molar-refractivity contribution < 1.29 is 13.2 Å². The topological polar surface area (TPSA) is 61.2 Å². The third kappa shape index (κ3) is 3.16. The Morgan fingerprint density at radius 2 is 1.95 bits per heavy atom. The molecule has 0 amide bonds. The normalized spacial score (nSPS) is 12.4. The van der Waals surface area contributed by atoms with E-state index in [1.54, 1.807) is 25.1 Å². The van der Waals surface area contributed by atoms with Crippen LogP contribution in [0.5, 0.6) is 5.75 Å². The van der Waals surface area contributed by atoms with Gasteiger partial charge in [-0.1, -0.05) is 20.8 Å². The summed E-state index contributed by atoms with van der Waals surface area (Å²) in [5.41, 5.74) is 1.30. The van der Waals surface area contributed by atoms with Crippen LogP contribution >= 0.6 is 0 Å². The third-order valence-electron chi connectivity index (χ3n) is 3.32. The van der Waals surface area contributed by atoms with Crippen LogP contribution in [0.15, 0.2) is 35.6 Å². The van der Waals surface area contributed by atoms with E-state index in [1.165, 1.54) is 12.5 Å². The molecule has 0 saturated carbocycles. The summed E-state index contributed by atoms with van der Waals surface area (Å²) in [6.07, 6.45) is 2.82. The first-order chi connectivity index (χ1) is 10.2. The molecule has 120 valence electrons. The number of benzene rings is 1. The molecule has 2 aromatic rings. The number of aryl methyl sites for hydroxylation is 1. The lowest BCUT2D eigenvalue weighted by Crippen LogP contribution is -2.17. The number of ether oxygens (including phenoxy) is 1. The van der Waals surface area contributed by atoms with Gasteiger partial charge in [0.1, 0.15) is 12.1 Å². The first kappa shape index (κ1) is 16.5. The van der Waals surface area contributed by atoms with Crippen molar-refractivity contribution in [1.29, 1.82) is 0 Å². The fraction of sp³-hybridized carbons (Fsp3) is 0.438. The van der Waals surface area contributed by atoms with Crippen LogP contribution in [-0.2, 0) is 15.4 Å². The third-order valence-corrected chi connectivity index (χ3v) is 4.93. The molecule has 0 aliphatic carbocycles. The van der Waals surface area contributed by atoms with E-state index >= 15 is 0 Å². The van der Waals surface area contributed by atoms with Gasteiger partial charge in [0, 0.05) is 11.8 Å². The quantitative estimate of drug-likeness (QED) is 0.867. The van der Waals surface area contributed by atoms with Gasteiger partial charge in [-0.25, -0.2) is 17.4 Å². The zero-order valence-corrected chi connectivity index (χ0v) is 14.4. The smallest absolute Gasteiger partial charge is 0.268 e. The molecule has 5 nitrogen and oxygen atoms in total. The van der Waals surface area contributed by atoms with Crippen LogP contribution < -0.4 is 4.74 Å². The molecule has 0 saturated heterocycles. The Hall–Kier alpha value is -1.82. The van der Waals surface area contributed by atoms with E-state index in [-0.39, 0.29) is 10.3 Å². The predicted molar refractivity (Wildman–Crippen MR) is 85.9 cm³/mol. The average molecular weight is 322 g/mol. The highest BCUT2D eigenvalue weighted by atomic mass is 32.2. The zero-order chi connectivity index (χ0) is 16.5. The highest BCUT2D eigenvalue weighted by Gasteiger charge is 2.24. The number of hydrogen-bond acceptors (Lipinski definition) is 4. The Morgan fingerprint density at radius 1 is 1.27 bits per heavy atom. The number of aromatic nitrogens is 2. The van der Waals surface area contributed by atoms with Gasteiger partial charge >= 0.3 is 0 Å². The molecule has 22 heavy (non-hydrogen) atoms. The lowest BCUT2D eigenvalue weighted by molar-refractivity contribution is 0.329. The van der Waals surface area contributed by atoms with Crippen LogP contribution in [0, 0.1) is 6.92 Å². The van der Waals surface area contributed by atoms with Crippen LogP contribution in [0.1, 0.15) is 39.0 Å². The maximum absolute atomic E-state index is 12.7. The zero-order valence-electron chi connectivity index (χ0n) is 13.6. The standard InChI is InChI=1S/C16H22N2O3S/c1-6-21-15-8-7-13(9-14(15)16(3,4)5)22(19,20)18-10-12(2)17-11-18/h7-11H,6H2,1-5H3. The lowest BCUT2D eigenvalue weighted by Gasteiger charge is -2.23. The summed E-state index contributed by atoms with van der Waals surface area (Å²) in [5, 5.41) is 0. The van der Waals surface area contributed by atoms with E-state index in [2.05, 4.69) is 4.98 Å². The van der Waals surface area contributed by atoms with E-state index in [1.807, 2.05) is 27.7 Å². The van der Waals surface area contributed by atoms with Gasteiger partial charge in [0.05, 0.1) is 17.2 Å². The summed E-state index contributed by atoms with van der Waals surface area (Å²) in [5.74, 6) is 0.718. The molecule has 0 radical (unpaired) electrons. The van der Waals surface area contributed by atoms with Crippen molar-refractivity contribution in [2.45, 2.75) is 44.9 Å². The summed E-state index contributed by atoms with van der Waals surface area (Å²) < 4.78 is 32.1. The summed E-state index contributed by atoms with van der Waals surface area (Å²) in [6.45, 7) is 10.3. The van der Waals surface area contributed by atoms with Crippen molar-refractivity contribution in [3.8, 4) is 5.75 Å². The summed E-state index contributed by atoms with van der Waals surface area (Å²) in [6, 6.07) is 4.99. The molecular formula is C16H22N2O3S. The fourth-order valence-corrected chi connectivity index (χ4v) is 3.40. The maximum Gasteiger partial charge on any atom is 0.268 e. The van der Waals surface area contributed by atoms with Gasteiger partial charge in [-0.2, -0.15) is 0 Å². The second-order valence-corrected chi connectivity index (χ2v) is 8.03. The van der Waals surface area contributed by atoms with Crippen LogP contribution in [0.4, 0.5) is 0 Å². The summed E-state index contributed by atoms with van der Waals surface area (Å²) in [7, 11) is -3.63. The van der Waals surface area contributed by atoms with Gasteiger partial charge in [-0.3, -0.25) is 0 Å². The van der Waals surface area contributed by atoms with E-state index in [9.17, 15) is 8.42 Å². The highest BCUT2D eigenvalue weighted by Crippen LogP contribution is 2.33. The molecule has 0 aliphatic rings. The summed E-state index contributed by atoms with van der Waals surface area (Å²) >= 11 is 0. The monoisotopic (exact) mass is 322 g/mol. The molecular weight excluding hydrogens is 300 g/mol. The van der Waals surface area contributed by atoms with Crippen LogP contribution in [0.2, 0.25) is 0 Å². The molecule has 0 atom stereocenters. The lowest BCUT2D eigenvalue weighted by atomic mass is 9.86. The number of nitrogens with zero attached hydrogens (tertiary/aromatic N) is 2. The van der Waals surface area contributed by atoms with Gasteiger partial charge in [0.15, 0.2) is 0 Å². The van der Waals surface area contributed by atoms with Crippen molar-refractivity contribution in [1.82, 2.24) is 8.96 Å². The molecule has 0 fully saturated rings. The molecule has 1 heterocycles. The highest BCUT2D eigenvalue weighted by molar-refractivity contribution is 7.90. The second kappa shape index (κ2) is 5.76. The molecule has 0 unspecified atom stereocenters. The van der Waals surface area contributed by atoms with Crippen LogP contribution in [-0.4, -0.2) is 24.0 Å². The minimum absolute atomic E-state index is 0.221. The molecule has 0 N–H and O–H groups in total. The summed E-state index contributed by atoms with van der Waals surface area (Å²) in [4.78, 5) is 4.22. The van der Waals surface area contributed by atoms with Gasteiger partial charge in [-0.15, -0.1) is 0 Å². The molecule has 2 rings (SSSR count). The van der Waals surface area contributed by atoms with Gasteiger partial charge in [0.25, 0.3) is 10.0 Å². The van der Waals surface area contributed by atoms with Crippen molar-refractivity contribution >= 4 is 10.0 Å². The molecule has 1 aromatic carbocycles. The van der Waals surface area contributed by atoms with Gasteiger partial charge < -0.3 is 4.74 Å². The minimum atomic E-state index is -3.63. The Labute approximate surface area is 132 Å². The predicted octanol–water partition coefficient (Wildman–Crippen LogP) is 3.12. The first-order valence-corrected chi connectivity index (χ1v) is 8.63. The second-order valence-electron chi connectivity index (χ2n) is 6.19. The van der Waals surface area contributed by atoms with Crippen molar-refractivity contribution in [3.63, 3.8) is 0 Å². The van der Waals surface area contributed by atoms with Crippen molar-refractivity contribution in [2.24, 2.45) is 0 Å². The molecule has 1 aromatic heterocycles. The van der Waals surface area contributed by atoms with Crippen molar-refractivity contribution in [2.75, 3.05) is 6.61 Å². The minimum Gasteiger partial charge on any atom is -0.494 e. The van der Waals surface area contributed by atoms with Crippen LogP contribution in [0.3, 0.4) is 0 Å². The van der Waals surface area contributed by atoms with Gasteiger partial charge in [-0.05, 0) is 37.5 Å². The first-order valence-electron chi connectivity index (χ1n) is 7.19. The SMILES string of the molecule is CCOc1ccc(S(=O)(=O)n2cnc(C)c2)cc1C(C)(C)C. The number of hydrogen-bond donors (Lipinski definition) is 0. The molecule has 0 spiro atoms. The fourth-order valence-electron chi connectivity index (χ4n) is 2.19. The van der Waals surface area contributed by atoms with E-state index in [0.29, 0.717) is 12.3 Å². The largest absolute Gasteiger partial charge is 0.494 e. The maximum atomic E-state index is 12.7. The number of rotatable bonds is 4. The Bertz CT molecular complexity index is 771. The molecule has 6 heteroatoms. The molecule has 0 aliphatic heterocycles. The van der Waals surface area contributed by atoms with E-state index in [0.717, 1.165) is 15.3 Å². The number of imidazole rings is 1. The average Bonchev–Trinajstić information content (AvgIpc) is 2.85. The Kier molecular flexibility index (Phi) is 4.33. The van der Waals surface area contributed by atoms with Crippen molar-refractivity contribution in [3.05, 3.63) is 42.0 Å². The Morgan fingerprint density at radius 3 is 2.45 bits per heavy atom. The van der Waals surface area contributed by atoms with E-state index in [4.69, 9.17) is 4.74 Å². The molecule has 0 bridgehead atoms. The van der Waals surface area contributed by atoms with E-state index < -0.39 is 10.0 Å². The van der Waals surface area contributed by atoms with Crippen LogP contribution in [0.25, 0.3) is 0 Å².